The van der Waals surface area contributed by atoms with E-state index in [2.05, 4.69) is 0 Å². The summed E-state index contributed by atoms with van der Waals surface area (Å²) in [6, 6.07) is 6.21. The van der Waals surface area contributed by atoms with E-state index >= 15 is 0 Å². The van der Waals surface area contributed by atoms with Crippen molar-refractivity contribution in [2.24, 2.45) is 11.1 Å². The summed E-state index contributed by atoms with van der Waals surface area (Å²) in [4.78, 5) is 29.1. The Morgan fingerprint density at radius 2 is 1.70 bits per heavy atom. The number of hydrogen-bond acceptors (Lipinski definition) is 5. The maximum atomic E-state index is 13.1. The van der Waals surface area contributed by atoms with Gasteiger partial charge in [0.15, 0.2) is 0 Å². The maximum Gasteiger partial charge on any atom is 0.253 e. The van der Waals surface area contributed by atoms with Gasteiger partial charge in [-0.2, -0.15) is 0 Å². The molecule has 7 nitrogen and oxygen atoms in total. The molecule has 3 rings (SSSR count). The molecule has 2 fully saturated rings. The standard InChI is InChI=1S/C20H29N3O4/c1-4-27-16-13-20(21,19(16,2)3)18(26)23-11-9-22(10-12-23)17(25)14-5-7-15(24)8-6-14/h5-8,16,24H,4,9-13,21H2,1-3H3. The fourth-order valence-corrected chi connectivity index (χ4v) is 3.98. The van der Waals surface area contributed by atoms with Gasteiger partial charge in [0.2, 0.25) is 5.91 Å². The number of phenols is 1. The Labute approximate surface area is 160 Å². The van der Waals surface area contributed by atoms with Gasteiger partial charge < -0.3 is 25.4 Å². The van der Waals surface area contributed by atoms with Crippen LogP contribution in [0, 0.1) is 5.41 Å². The number of aromatic hydroxyl groups is 1. The first kappa shape index (κ1) is 19.6. The first-order valence-electron chi connectivity index (χ1n) is 9.49. The molecule has 0 spiro atoms. The Bertz CT molecular complexity index is 710. The van der Waals surface area contributed by atoms with Crippen molar-refractivity contribution in [3.8, 4) is 5.75 Å². The van der Waals surface area contributed by atoms with Crippen molar-refractivity contribution in [1.82, 2.24) is 9.80 Å². The van der Waals surface area contributed by atoms with Crippen molar-refractivity contribution in [3.63, 3.8) is 0 Å². The van der Waals surface area contributed by atoms with Crippen molar-refractivity contribution in [2.75, 3.05) is 32.8 Å². The van der Waals surface area contributed by atoms with E-state index in [0.717, 1.165) is 0 Å². The number of nitrogens with two attached hydrogens (primary N) is 1. The van der Waals surface area contributed by atoms with Gasteiger partial charge in [0.05, 0.1) is 6.10 Å². The van der Waals surface area contributed by atoms with Gasteiger partial charge in [-0.15, -0.1) is 0 Å². The summed E-state index contributed by atoms with van der Waals surface area (Å²) in [5.41, 5.74) is 5.69. The third kappa shape index (κ3) is 3.30. The smallest absolute Gasteiger partial charge is 0.253 e. The second-order valence-electron chi connectivity index (χ2n) is 7.97. The van der Waals surface area contributed by atoms with Gasteiger partial charge in [-0.25, -0.2) is 0 Å². The molecule has 2 atom stereocenters. The first-order valence-corrected chi connectivity index (χ1v) is 9.49. The van der Waals surface area contributed by atoms with Crippen LogP contribution in [0.1, 0.15) is 37.6 Å². The summed E-state index contributed by atoms with van der Waals surface area (Å²) in [6.07, 6.45) is 0.521. The summed E-state index contributed by atoms with van der Waals surface area (Å²) in [7, 11) is 0. The van der Waals surface area contributed by atoms with Crippen LogP contribution >= 0.6 is 0 Å². The van der Waals surface area contributed by atoms with Crippen LogP contribution in [-0.2, 0) is 9.53 Å². The van der Waals surface area contributed by atoms with E-state index in [-0.39, 0.29) is 23.7 Å². The van der Waals surface area contributed by atoms with Crippen molar-refractivity contribution in [2.45, 2.75) is 38.8 Å². The summed E-state index contributed by atoms with van der Waals surface area (Å²) >= 11 is 0. The number of benzene rings is 1. The van der Waals surface area contributed by atoms with Gasteiger partial charge in [-0.1, -0.05) is 13.8 Å². The molecule has 0 bridgehead atoms. The molecule has 2 aliphatic rings. The third-order valence-electron chi connectivity index (χ3n) is 6.18. The molecule has 1 aliphatic carbocycles. The summed E-state index contributed by atoms with van der Waals surface area (Å²) in [5.74, 6) is -0.0196. The predicted molar refractivity (Wildman–Crippen MR) is 101 cm³/mol. The summed E-state index contributed by atoms with van der Waals surface area (Å²) < 4.78 is 5.71. The molecule has 1 heterocycles. The SMILES string of the molecule is CCOC1CC(N)(C(=O)N2CCN(C(=O)c3ccc(O)cc3)CC2)C1(C)C. The molecule has 1 saturated heterocycles. The number of phenolic OH excluding ortho intramolecular Hbond substituents is 1. The molecule has 0 aromatic heterocycles. The zero-order chi connectivity index (χ0) is 19.8. The monoisotopic (exact) mass is 375 g/mol. The number of piperazine rings is 1. The minimum atomic E-state index is -0.921. The molecule has 3 N–H and O–H groups in total. The largest absolute Gasteiger partial charge is 0.508 e. The van der Waals surface area contributed by atoms with Crippen LogP contribution in [0.3, 0.4) is 0 Å². The van der Waals surface area contributed by atoms with Crippen LogP contribution < -0.4 is 5.73 Å². The van der Waals surface area contributed by atoms with Crippen LogP contribution in [0.25, 0.3) is 0 Å². The fourth-order valence-electron chi connectivity index (χ4n) is 3.98. The lowest BCUT2D eigenvalue weighted by Gasteiger charge is -2.59. The Hall–Kier alpha value is -2.12. The van der Waals surface area contributed by atoms with Gasteiger partial charge in [0, 0.05) is 50.2 Å². The molecule has 0 radical (unpaired) electrons. The van der Waals surface area contributed by atoms with Gasteiger partial charge in [0.1, 0.15) is 11.3 Å². The number of carbonyl (C=O) groups is 2. The Morgan fingerprint density at radius 3 is 2.22 bits per heavy atom. The van der Waals surface area contributed by atoms with Crippen LogP contribution in [0.2, 0.25) is 0 Å². The minimum absolute atomic E-state index is 0.00573. The first-order chi connectivity index (χ1) is 12.7. The van der Waals surface area contributed by atoms with Crippen molar-refractivity contribution < 1.29 is 19.4 Å². The number of nitrogens with zero attached hydrogens (tertiary/aromatic N) is 2. The van der Waals surface area contributed by atoms with E-state index in [4.69, 9.17) is 10.5 Å². The molecule has 2 amide bonds. The molecule has 7 heteroatoms. The fraction of sp³-hybridized carbons (Fsp3) is 0.600. The van der Waals surface area contributed by atoms with Crippen LogP contribution in [0.4, 0.5) is 0 Å². The zero-order valence-corrected chi connectivity index (χ0v) is 16.3. The summed E-state index contributed by atoms with van der Waals surface area (Å²) in [6.45, 7) is 8.40. The predicted octanol–water partition coefficient (Wildman–Crippen LogP) is 1.21. The average Bonchev–Trinajstić information content (AvgIpc) is 2.67. The molecule has 148 valence electrons. The number of rotatable bonds is 4. The Balaban J connectivity index is 1.60. The van der Waals surface area contributed by atoms with E-state index in [9.17, 15) is 14.7 Å². The number of amides is 2. The van der Waals surface area contributed by atoms with Gasteiger partial charge in [-0.05, 0) is 31.2 Å². The van der Waals surface area contributed by atoms with E-state index in [1.54, 1.807) is 21.9 Å². The zero-order valence-electron chi connectivity index (χ0n) is 16.3. The second-order valence-corrected chi connectivity index (χ2v) is 7.97. The number of ether oxygens (including phenoxy) is 1. The Morgan fingerprint density at radius 1 is 1.15 bits per heavy atom. The highest BCUT2D eigenvalue weighted by Gasteiger charge is 2.63. The highest BCUT2D eigenvalue weighted by atomic mass is 16.5. The van der Waals surface area contributed by atoms with Gasteiger partial charge in [-0.3, -0.25) is 9.59 Å². The third-order valence-corrected chi connectivity index (χ3v) is 6.18. The molecule has 1 saturated carbocycles. The molecule has 27 heavy (non-hydrogen) atoms. The molecule has 1 aromatic carbocycles. The molecule has 1 aromatic rings. The van der Waals surface area contributed by atoms with Crippen LogP contribution in [-0.4, -0.2) is 71.1 Å². The minimum Gasteiger partial charge on any atom is -0.508 e. The normalized spacial score (nSPS) is 27.2. The van der Waals surface area contributed by atoms with Crippen molar-refractivity contribution in [3.05, 3.63) is 29.8 Å². The maximum absolute atomic E-state index is 13.1. The van der Waals surface area contributed by atoms with E-state index in [1.807, 2.05) is 20.8 Å². The lowest BCUT2D eigenvalue weighted by Crippen LogP contribution is -2.76. The van der Waals surface area contributed by atoms with Crippen molar-refractivity contribution in [1.29, 1.82) is 0 Å². The highest BCUT2D eigenvalue weighted by Crippen LogP contribution is 2.50. The lowest BCUT2D eigenvalue weighted by molar-refractivity contribution is -0.180. The quantitative estimate of drug-likeness (QED) is 0.825. The highest BCUT2D eigenvalue weighted by molar-refractivity contribution is 5.94. The molecule has 1 aliphatic heterocycles. The van der Waals surface area contributed by atoms with Crippen LogP contribution in [0.15, 0.2) is 24.3 Å². The van der Waals surface area contributed by atoms with Gasteiger partial charge in [0.25, 0.3) is 5.91 Å². The van der Waals surface area contributed by atoms with E-state index in [0.29, 0.717) is 44.8 Å². The van der Waals surface area contributed by atoms with E-state index < -0.39 is 11.0 Å². The Kier molecular flexibility index (Phi) is 5.18. The molecular weight excluding hydrogens is 346 g/mol. The van der Waals surface area contributed by atoms with Gasteiger partial charge >= 0.3 is 0 Å². The van der Waals surface area contributed by atoms with E-state index in [1.165, 1.54) is 12.1 Å². The second kappa shape index (κ2) is 7.13. The number of hydrogen-bond donors (Lipinski definition) is 2. The van der Waals surface area contributed by atoms with Crippen LogP contribution in [0.5, 0.6) is 5.75 Å². The molecular formula is C20H29N3O4. The number of carbonyl (C=O) groups excluding carboxylic acids is 2. The topological polar surface area (TPSA) is 96.1 Å². The average molecular weight is 375 g/mol. The lowest BCUT2D eigenvalue weighted by atomic mass is 9.54. The summed E-state index contributed by atoms with van der Waals surface area (Å²) in [5, 5.41) is 9.35. The van der Waals surface area contributed by atoms with Crippen molar-refractivity contribution >= 4 is 11.8 Å². The molecule has 2 unspecified atom stereocenters.